The van der Waals surface area contributed by atoms with Crippen LogP contribution in [-0.2, 0) is 22.6 Å². The van der Waals surface area contributed by atoms with E-state index in [1.165, 1.54) is 0 Å². The van der Waals surface area contributed by atoms with Crippen LogP contribution in [0.3, 0.4) is 0 Å². The van der Waals surface area contributed by atoms with E-state index in [4.69, 9.17) is 0 Å². The van der Waals surface area contributed by atoms with Crippen molar-refractivity contribution in [2.45, 2.75) is 64.1 Å². The quantitative estimate of drug-likeness (QED) is 0.829. The Kier molecular flexibility index (Phi) is 4.98. The maximum atomic E-state index is 12.7. The fourth-order valence-electron chi connectivity index (χ4n) is 4.50. The van der Waals surface area contributed by atoms with E-state index < -0.39 is 0 Å². The van der Waals surface area contributed by atoms with E-state index in [1.807, 2.05) is 11.8 Å². The average molecular weight is 359 g/mol. The first-order valence-corrected chi connectivity index (χ1v) is 9.95. The van der Waals surface area contributed by atoms with Gasteiger partial charge < -0.3 is 20.1 Å². The summed E-state index contributed by atoms with van der Waals surface area (Å²) < 4.78 is 2.17. The largest absolute Gasteiger partial charge is 0.351 e. The fraction of sp³-hybridized carbons (Fsp3) is 0.737. The number of carbonyl (C=O) groups excluding carboxylic acids is 2. The minimum atomic E-state index is -0.00421. The zero-order chi connectivity index (χ0) is 18.1. The minimum absolute atomic E-state index is 0.00421. The summed E-state index contributed by atoms with van der Waals surface area (Å²) in [4.78, 5) is 31.6. The molecule has 7 heteroatoms. The third-order valence-corrected chi connectivity index (χ3v) is 6.00. The molecule has 2 N–H and O–H groups in total. The van der Waals surface area contributed by atoms with E-state index in [9.17, 15) is 9.59 Å². The van der Waals surface area contributed by atoms with Gasteiger partial charge in [0.15, 0.2) is 0 Å². The lowest BCUT2D eigenvalue weighted by Gasteiger charge is -2.34. The van der Waals surface area contributed by atoms with Crippen molar-refractivity contribution in [1.29, 1.82) is 0 Å². The number of rotatable bonds is 3. The molecule has 3 aliphatic rings. The molecule has 7 nitrogen and oxygen atoms in total. The summed E-state index contributed by atoms with van der Waals surface area (Å²) in [5, 5.41) is 6.51. The predicted molar refractivity (Wildman–Crippen MR) is 97.5 cm³/mol. The van der Waals surface area contributed by atoms with Crippen LogP contribution in [0.15, 0.2) is 6.20 Å². The van der Waals surface area contributed by atoms with Gasteiger partial charge in [-0.3, -0.25) is 9.59 Å². The normalized spacial score (nSPS) is 26.6. The Bertz CT molecular complexity index is 671. The van der Waals surface area contributed by atoms with Gasteiger partial charge >= 0.3 is 0 Å². The molecule has 3 aliphatic heterocycles. The van der Waals surface area contributed by atoms with Crippen molar-refractivity contribution in [2.75, 3.05) is 19.6 Å². The first kappa shape index (κ1) is 17.5. The van der Waals surface area contributed by atoms with Gasteiger partial charge in [0.2, 0.25) is 11.8 Å². The summed E-state index contributed by atoms with van der Waals surface area (Å²) in [7, 11) is 0. The van der Waals surface area contributed by atoms with Crippen LogP contribution in [0.2, 0.25) is 0 Å². The Labute approximate surface area is 154 Å². The Morgan fingerprint density at radius 2 is 2.04 bits per heavy atom. The van der Waals surface area contributed by atoms with Crippen molar-refractivity contribution in [3.63, 3.8) is 0 Å². The molecule has 4 heterocycles. The third-order valence-electron chi connectivity index (χ3n) is 6.00. The number of likely N-dealkylation sites (tertiary alicyclic amines) is 1. The summed E-state index contributed by atoms with van der Waals surface area (Å²) in [6.45, 7) is 5.16. The molecule has 1 aromatic heterocycles. The highest BCUT2D eigenvalue weighted by Gasteiger charge is 2.32. The number of carbonyl (C=O) groups is 2. The Hall–Kier alpha value is -1.89. The zero-order valence-electron chi connectivity index (χ0n) is 15.5. The SMILES string of the molecule is Cc1cn2c(n1)CCC(NC(=O)C1CCN(C(=O)[C@@H]3CCCN3)CC1)C2. The maximum Gasteiger partial charge on any atom is 0.239 e. The molecule has 0 radical (unpaired) electrons. The summed E-state index contributed by atoms with van der Waals surface area (Å²) in [5.74, 6) is 1.53. The molecule has 0 aromatic carbocycles. The first-order chi connectivity index (χ1) is 12.6. The summed E-state index contributed by atoms with van der Waals surface area (Å²) in [6.07, 6.45) is 7.49. The van der Waals surface area contributed by atoms with E-state index in [0.29, 0.717) is 13.1 Å². The van der Waals surface area contributed by atoms with Crippen LogP contribution in [-0.4, -0.2) is 58.0 Å². The molecular formula is C19H29N5O2. The topological polar surface area (TPSA) is 79.3 Å². The molecule has 1 unspecified atom stereocenters. The van der Waals surface area contributed by atoms with E-state index in [-0.39, 0.29) is 29.8 Å². The van der Waals surface area contributed by atoms with Crippen molar-refractivity contribution < 1.29 is 9.59 Å². The second-order valence-electron chi connectivity index (χ2n) is 7.94. The van der Waals surface area contributed by atoms with Crippen LogP contribution in [0.1, 0.15) is 43.6 Å². The lowest BCUT2D eigenvalue weighted by Crippen LogP contribution is -2.50. The number of hydrogen-bond acceptors (Lipinski definition) is 4. The van der Waals surface area contributed by atoms with Crippen molar-refractivity contribution >= 4 is 11.8 Å². The van der Waals surface area contributed by atoms with Crippen LogP contribution >= 0.6 is 0 Å². The van der Waals surface area contributed by atoms with Crippen LogP contribution in [0, 0.1) is 12.8 Å². The standard InChI is InChI=1S/C19H29N5O2/c1-13-11-24-12-15(4-5-17(24)21-13)22-18(25)14-6-9-23(10-7-14)19(26)16-3-2-8-20-16/h11,14-16,20H,2-10,12H2,1H3,(H,22,25)/t15?,16-/m0/s1. The molecule has 2 fully saturated rings. The number of aryl methyl sites for hydroxylation is 2. The van der Waals surface area contributed by atoms with E-state index >= 15 is 0 Å². The molecule has 0 aliphatic carbocycles. The molecule has 0 bridgehead atoms. The van der Waals surface area contributed by atoms with Gasteiger partial charge in [0.1, 0.15) is 5.82 Å². The summed E-state index contributed by atoms with van der Waals surface area (Å²) >= 11 is 0. The van der Waals surface area contributed by atoms with Crippen LogP contribution in [0.25, 0.3) is 0 Å². The second kappa shape index (κ2) is 7.39. The summed E-state index contributed by atoms with van der Waals surface area (Å²) in [6, 6.07) is 0.182. The fourth-order valence-corrected chi connectivity index (χ4v) is 4.50. The molecule has 0 saturated carbocycles. The van der Waals surface area contributed by atoms with Crippen molar-refractivity contribution in [3.05, 3.63) is 17.7 Å². The molecule has 142 valence electrons. The van der Waals surface area contributed by atoms with Crippen LogP contribution in [0.5, 0.6) is 0 Å². The number of amides is 2. The predicted octanol–water partition coefficient (Wildman–Crippen LogP) is 0.613. The number of imidazole rings is 1. The Morgan fingerprint density at radius 3 is 2.77 bits per heavy atom. The van der Waals surface area contributed by atoms with Crippen molar-refractivity contribution in [3.8, 4) is 0 Å². The van der Waals surface area contributed by atoms with E-state index in [0.717, 1.165) is 63.1 Å². The lowest BCUT2D eigenvalue weighted by atomic mass is 9.94. The molecule has 2 atom stereocenters. The molecule has 2 saturated heterocycles. The monoisotopic (exact) mass is 359 g/mol. The average Bonchev–Trinajstić information content (AvgIpc) is 3.29. The van der Waals surface area contributed by atoms with Crippen LogP contribution in [0.4, 0.5) is 0 Å². The van der Waals surface area contributed by atoms with E-state index in [2.05, 4.69) is 26.4 Å². The molecule has 1 aromatic rings. The Balaban J connectivity index is 1.25. The number of nitrogens with one attached hydrogen (secondary N) is 2. The number of hydrogen-bond donors (Lipinski definition) is 2. The van der Waals surface area contributed by atoms with Crippen molar-refractivity contribution in [2.24, 2.45) is 5.92 Å². The highest BCUT2D eigenvalue weighted by Crippen LogP contribution is 2.21. The molecule has 26 heavy (non-hydrogen) atoms. The maximum absolute atomic E-state index is 12.7. The molecule has 0 spiro atoms. The van der Waals surface area contributed by atoms with Gasteiger partial charge in [-0.05, 0) is 45.6 Å². The van der Waals surface area contributed by atoms with Gasteiger partial charge in [-0.1, -0.05) is 0 Å². The van der Waals surface area contributed by atoms with Gasteiger partial charge in [-0.2, -0.15) is 0 Å². The third kappa shape index (κ3) is 3.63. The molecule has 2 amide bonds. The van der Waals surface area contributed by atoms with E-state index in [1.54, 1.807) is 0 Å². The highest BCUT2D eigenvalue weighted by molar-refractivity contribution is 5.83. The number of aromatic nitrogens is 2. The highest BCUT2D eigenvalue weighted by atomic mass is 16.2. The lowest BCUT2D eigenvalue weighted by molar-refractivity contribution is -0.137. The second-order valence-corrected chi connectivity index (χ2v) is 7.94. The zero-order valence-corrected chi connectivity index (χ0v) is 15.5. The smallest absolute Gasteiger partial charge is 0.239 e. The number of piperidine rings is 1. The van der Waals surface area contributed by atoms with Gasteiger partial charge in [0, 0.05) is 44.2 Å². The number of fused-ring (bicyclic) bond motifs is 1. The van der Waals surface area contributed by atoms with Gasteiger partial charge in [0.05, 0.1) is 11.7 Å². The first-order valence-electron chi connectivity index (χ1n) is 9.95. The number of nitrogens with zero attached hydrogens (tertiary/aromatic N) is 3. The minimum Gasteiger partial charge on any atom is -0.351 e. The van der Waals surface area contributed by atoms with Gasteiger partial charge in [-0.25, -0.2) is 4.98 Å². The molecule has 4 rings (SSSR count). The Morgan fingerprint density at radius 1 is 1.23 bits per heavy atom. The van der Waals surface area contributed by atoms with Crippen LogP contribution < -0.4 is 10.6 Å². The molecular weight excluding hydrogens is 330 g/mol. The van der Waals surface area contributed by atoms with Gasteiger partial charge in [-0.15, -0.1) is 0 Å². The van der Waals surface area contributed by atoms with Crippen molar-refractivity contribution in [1.82, 2.24) is 25.1 Å². The summed E-state index contributed by atoms with van der Waals surface area (Å²) in [5.41, 5.74) is 1.04. The van der Waals surface area contributed by atoms with Gasteiger partial charge in [0.25, 0.3) is 0 Å².